The first-order valence-electron chi connectivity index (χ1n) is 12.1. The van der Waals surface area contributed by atoms with E-state index in [0.717, 1.165) is 22.8 Å². The standard InChI is InChI=1S/C29H19F2N5O4/c30-23-3-1-2-22(26(23)31)28-33-24-12-32-36(14-25(24)34-28)13-20-16-40-35-27(20)18-8-10-21(11-9-18)39-15-17-4-6-19(7-5-17)29(37)38/h1-12,14,16H,13,15H2,(H,37,38). The van der Waals surface area contributed by atoms with Crippen LogP contribution in [-0.2, 0) is 13.2 Å². The molecule has 2 aliphatic heterocycles. The van der Waals surface area contributed by atoms with E-state index in [4.69, 9.17) is 14.4 Å². The molecule has 3 heterocycles. The Bertz CT molecular complexity index is 1780. The van der Waals surface area contributed by atoms with E-state index >= 15 is 0 Å². The largest absolute Gasteiger partial charge is 0.489 e. The summed E-state index contributed by atoms with van der Waals surface area (Å²) in [6, 6.07) is 17.7. The van der Waals surface area contributed by atoms with E-state index in [1.54, 1.807) is 23.0 Å². The van der Waals surface area contributed by atoms with Crippen molar-refractivity contribution in [2.24, 2.45) is 0 Å². The number of carboxylic acids is 1. The Morgan fingerprint density at radius 2 is 1.75 bits per heavy atom. The fraction of sp³-hybridized carbons (Fsp3) is 0.0690. The van der Waals surface area contributed by atoms with Gasteiger partial charge >= 0.3 is 5.97 Å². The lowest BCUT2D eigenvalue weighted by Crippen LogP contribution is -2.06. The van der Waals surface area contributed by atoms with Gasteiger partial charge in [0.25, 0.3) is 0 Å². The average Bonchev–Trinajstić information content (AvgIpc) is 3.61. The smallest absolute Gasteiger partial charge is 0.335 e. The Balaban J connectivity index is 1.16. The van der Waals surface area contributed by atoms with E-state index in [1.807, 2.05) is 24.3 Å². The number of hydrogen-bond donors (Lipinski definition) is 1. The van der Waals surface area contributed by atoms with Gasteiger partial charge in [0.2, 0.25) is 0 Å². The number of imidazole rings is 1. The topological polar surface area (TPSA) is 116 Å². The summed E-state index contributed by atoms with van der Waals surface area (Å²) in [5, 5.41) is 17.5. The highest BCUT2D eigenvalue weighted by molar-refractivity contribution is 5.87. The molecule has 1 N–H and O–H groups in total. The molecule has 0 radical (unpaired) electrons. The highest BCUT2D eigenvalue weighted by Crippen LogP contribution is 2.28. The van der Waals surface area contributed by atoms with Crippen LogP contribution in [0.15, 0.2) is 89.9 Å². The van der Waals surface area contributed by atoms with Crippen LogP contribution in [0.1, 0.15) is 21.5 Å². The number of carbonyl (C=O) groups is 1. The minimum absolute atomic E-state index is 0.0208. The summed E-state index contributed by atoms with van der Waals surface area (Å²) < 4.78 is 40.6. The summed E-state index contributed by atoms with van der Waals surface area (Å²) in [6.45, 7) is 0.604. The molecule has 40 heavy (non-hydrogen) atoms. The van der Waals surface area contributed by atoms with Crippen LogP contribution in [0.5, 0.6) is 5.75 Å². The first-order chi connectivity index (χ1) is 19.4. The normalized spacial score (nSPS) is 11.2. The zero-order valence-corrected chi connectivity index (χ0v) is 20.7. The van der Waals surface area contributed by atoms with Gasteiger partial charge in [0.15, 0.2) is 17.5 Å². The van der Waals surface area contributed by atoms with Crippen molar-refractivity contribution in [3.8, 4) is 39.8 Å². The van der Waals surface area contributed by atoms with Gasteiger partial charge in [-0.1, -0.05) is 23.4 Å². The maximum atomic E-state index is 14.2. The Morgan fingerprint density at radius 3 is 2.52 bits per heavy atom. The van der Waals surface area contributed by atoms with E-state index in [9.17, 15) is 13.6 Å². The first-order valence-corrected chi connectivity index (χ1v) is 12.1. The van der Waals surface area contributed by atoms with E-state index in [2.05, 4.69) is 20.2 Å². The molecule has 0 spiro atoms. The molecule has 0 bridgehead atoms. The summed E-state index contributed by atoms with van der Waals surface area (Å²) in [5.74, 6) is -2.23. The van der Waals surface area contributed by atoms with Gasteiger partial charge in [-0.3, -0.25) is 4.68 Å². The third-order valence-corrected chi connectivity index (χ3v) is 6.22. The lowest BCUT2D eigenvalue weighted by atomic mass is 10.1. The molecule has 9 nitrogen and oxygen atoms in total. The molecule has 6 rings (SSSR count). The number of aromatic carboxylic acids is 1. The quantitative estimate of drug-likeness (QED) is 0.262. The second-order valence-electron chi connectivity index (χ2n) is 8.89. The monoisotopic (exact) mass is 539 g/mol. The van der Waals surface area contributed by atoms with Crippen LogP contribution >= 0.6 is 0 Å². The van der Waals surface area contributed by atoms with Gasteiger partial charge in [-0.2, -0.15) is 5.10 Å². The van der Waals surface area contributed by atoms with E-state index in [1.165, 1.54) is 36.7 Å². The third-order valence-electron chi connectivity index (χ3n) is 6.22. The SMILES string of the molecule is O=C(O)c1ccc(COc2ccc(-c3nocc3Cn3cc4nc(-c5cccc(F)c5F)nc-4cn3)cc2)cc1. The number of ether oxygens (including phenoxy) is 1. The number of aromatic nitrogens is 5. The van der Waals surface area contributed by atoms with Crippen molar-refractivity contribution >= 4 is 5.97 Å². The van der Waals surface area contributed by atoms with Crippen LogP contribution < -0.4 is 4.74 Å². The summed E-state index contributed by atoms with van der Waals surface area (Å²) in [5.41, 5.74) is 4.17. The maximum Gasteiger partial charge on any atom is 0.335 e. The fourth-order valence-electron chi connectivity index (χ4n) is 4.15. The van der Waals surface area contributed by atoms with Crippen molar-refractivity contribution in [1.29, 1.82) is 0 Å². The number of fused-ring (bicyclic) bond motifs is 1. The second-order valence-corrected chi connectivity index (χ2v) is 8.89. The molecular formula is C29H19F2N5O4. The molecule has 2 aliphatic rings. The Morgan fingerprint density at radius 1 is 0.975 bits per heavy atom. The number of carboxylic acid groups (broad SMARTS) is 1. The molecule has 11 heteroatoms. The minimum Gasteiger partial charge on any atom is -0.489 e. The van der Waals surface area contributed by atoms with Gasteiger partial charge in [-0.25, -0.2) is 23.5 Å². The molecule has 0 saturated heterocycles. The molecule has 0 saturated carbocycles. The predicted molar refractivity (Wildman–Crippen MR) is 139 cm³/mol. The van der Waals surface area contributed by atoms with Crippen LogP contribution in [0.4, 0.5) is 8.78 Å². The molecule has 4 aromatic rings. The first kappa shape index (κ1) is 24.9. The van der Waals surface area contributed by atoms with Crippen molar-refractivity contribution in [2.45, 2.75) is 13.2 Å². The van der Waals surface area contributed by atoms with Crippen LogP contribution in [0.25, 0.3) is 34.0 Å². The highest BCUT2D eigenvalue weighted by atomic mass is 19.2. The lowest BCUT2D eigenvalue weighted by Gasteiger charge is -2.08. The number of benzene rings is 3. The van der Waals surface area contributed by atoms with Gasteiger partial charge in [0.1, 0.15) is 35.7 Å². The van der Waals surface area contributed by atoms with Crippen molar-refractivity contribution in [3.63, 3.8) is 0 Å². The van der Waals surface area contributed by atoms with Gasteiger partial charge in [0.05, 0.1) is 30.1 Å². The number of hydrogen-bond acceptors (Lipinski definition) is 7. The number of rotatable bonds is 8. The maximum absolute atomic E-state index is 14.2. The molecule has 0 unspecified atom stereocenters. The van der Waals surface area contributed by atoms with E-state index in [0.29, 0.717) is 29.4 Å². The van der Waals surface area contributed by atoms with Crippen molar-refractivity contribution in [1.82, 2.24) is 24.9 Å². The Labute approximate surface area is 225 Å². The molecular weight excluding hydrogens is 520 g/mol. The van der Waals surface area contributed by atoms with Crippen LogP contribution in [0.3, 0.4) is 0 Å². The molecule has 0 atom stereocenters. The lowest BCUT2D eigenvalue weighted by molar-refractivity contribution is 0.0697. The highest BCUT2D eigenvalue weighted by Gasteiger charge is 2.19. The molecule has 3 aromatic carbocycles. The summed E-state index contributed by atoms with van der Waals surface area (Å²) in [4.78, 5) is 19.6. The van der Waals surface area contributed by atoms with Crippen molar-refractivity contribution < 1.29 is 27.9 Å². The fourth-order valence-corrected chi connectivity index (χ4v) is 4.15. The zero-order chi connectivity index (χ0) is 27.6. The van der Waals surface area contributed by atoms with Crippen LogP contribution in [0, 0.1) is 11.6 Å². The molecule has 0 aliphatic carbocycles. The van der Waals surface area contributed by atoms with Gasteiger partial charge in [-0.15, -0.1) is 0 Å². The van der Waals surface area contributed by atoms with Gasteiger partial charge < -0.3 is 14.4 Å². The summed E-state index contributed by atoms with van der Waals surface area (Å²) in [6.07, 6.45) is 4.71. The van der Waals surface area contributed by atoms with E-state index in [-0.39, 0.29) is 23.6 Å². The van der Waals surface area contributed by atoms with Crippen molar-refractivity contribution in [2.75, 3.05) is 0 Å². The van der Waals surface area contributed by atoms with Crippen LogP contribution in [0.2, 0.25) is 0 Å². The molecule has 1 aromatic heterocycles. The molecule has 0 amide bonds. The van der Waals surface area contributed by atoms with Crippen LogP contribution in [-0.4, -0.2) is 36.0 Å². The summed E-state index contributed by atoms with van der Waals surface area (Å²) in [7, 11) is 0. The Hall–Kier alpha value is -5.45. The van der Waals surface area contributed by atoms with Gasteiger partial charge in [-0.05, 0) is 54.1 Å². The third kappa shape index (κ3) is 4.99. The average molecular weight is 539 g/mol. The molecule has 0 fully saturated rings. The number of halogens is 2. The Kier molecular flexibility index (Phi) is 6.44. The van der Waals surface area contributed by atoms with E-state index < -0.39 is 17.6 Å². The minimum atomic E-state index is -1.00. The summed E-state index contributed by atoms with van der Waals surface area (Å²) >= 11 is 0. The second kappa shape index (κ2) is 10.4. The number of nitrogens with zero attached hydrogens (tertiary/aromatic N) is 5. The van der Waals surface area contributed by atoms with Crippen molar-refractivity contribution in [3.05, 3.63) is 114 Å². The molecule has 198 valence electrons. The zero-order valence-electron chi connectivity index (χ0n) is 20.7. The van der Waals surface area contributed by atoms with Gasteiger partial charge in [0, 0.05) is 11.1 Å². The predicted octanol–water partition coefficient (Wildman–Crippen LogP) is 5.70.